The first-order valence-corrected chi connectivity index (χ1v) is 10.4. The summed E-state index contributed by atoms with van der Waals surface area (Å²) in [6.07, 6.45) is 1.77. The van der Waals surface area contributed by atoms with Crippen LogP contribution in [-0.4, -0.2) is 60.5 Å². The summed E-state index contributed by atoms with van der Waals surface area (Å²) in [5.41, 5.74) is 2.94. The number of hydrogen-bond acceptors (Lipinski definition) is 4. The summed E-state index contributed by atoms with van der Waals surface area (Å²) in [5.74, 6) is -0.985. The van der Waals surface area contributed by atoms with Gasteiger partial charge in [-0.15, -0.1) is 0 Å². The molecule has 4 rings (SSSR count). The van der Waals surface area contributed by atoms with Crippen molar-refractivity contribution in [3.8, 4) is 11.1 Å². The maximum Gasteiger partial charge on any atom is 0.337 e. The van der Waals surface area contributed by atoms with Crippen molar-refractivity contribution in [2.24, 2.45) is 0 Å². The standard InChI is InChI=1S/C24H27FN2O3/c1-15(2)26-10-9-19(14-26)27-11-8-17-12-16(4-7-21(17)23(27)28)20-6-5-18(13-22(20)25)24(29)30-3/h4-7,12-13,15,19H,8-11,14H2,1-3H3. The maximum atomic E-state index is 14.6. The Morgan fingerprint density at radius 3 is 2.57 bits per heavy atom. The number of carbonyl (C=O) groups excluding carboxylic acids is 2. The molecule has 1 amide bonds. The number of benzene rings is 2. The molecule has 0 radical (unpaired) electrons. The number of hydrogen-bond donors (Lipinski definition) is 0. The second-order valence-electron chi connectivity index (χ2n) is 8.34. The van der Waals surface area contributed by atoms with E-state index in [0.717, 1.165) is 31.5 Å². The van der Waals surface area contributed by atoms with Crippen LogP contribution >= 0.6 is 0 Å². The van der Waals surface area contributed by atoms with E-state index < -0.39 is 11.8 Å². The molecule has 2 aromatic carbocycles. The summed E-state index contributed by atoms with van der Waals surface area (Å²) >= 11 is 0. The predicted octanol–water partition coefficient (Wildman–Crippen LogP) is 3.76. The van der Waals surface area contributed by atoms with Crippen LogP contribution in [0.1, 0.15) is 46.5 Å². The van der Waals surface area contributed by atoms with Crippen molar-refractivity contribution in [1.82, 2.24) is 9.80 Å². The molecular formula is C24H27FN2O3. The molecule has 6 heteroatoms. The smallest absolute Gasteiger partial charge is 0.337 e. The highest BCUT2D eigenvalue weighted by molar-refractivity contribution is 5.97. The lowest BCUT2D eigenvalue weighted by Gasteiger charge is -2.34. The minimum Gasteiger partial charge on any atom is -0.465 e. The van der Waals surface area contributed by atoms with Crippen molar-refractivity contribution < 1.29 is 18.7 Å². The number of halogens is 1. The second-order valence-corrected chi connectivity index (χ2v) is 8.34. The maximum absolute atomic E-state index is 14.6. The fourth-order valence-electron chi connectivity index (χ4n) is 4.51. The van der Waals surface area contributed by atoms with Gasteiger partial charge >= 0.3 is 5.97 Å². The molecule has 2 aliphatic rings. The van der Waals surface area contributed by atoms with Crippen molar-refractivity contribution in [3.63, 3.8) is 0 Å². The molecular weight excluding hydrogens is 383 g/mol. The largest absolute Gasteiger partial charge is 0.465 e. The molecule has 2 heterocycles. The molecule has 0 spiro atoms. The number of likely N-dealkylation sites (tertiary alicyclic amines) is 1. The van der Waals surface area contributed by atoms with Gasteiger partial charge in [-0.3, -0.25) is 9.69 Å². The van der Waals surface area contributed by atoms with E-state index in [-0.39, 0.29) is 17.5 Å². The van der Waals surface area contributed by atoms with Gasteiger partial charge in [0.15, 0.2) is 0 Å². The fraction of sp³-hybridized carbons (Fsp3) is 0.417. The van der Waals surface area contributed by atoms with Crippen molar-refractivity contribution in [3.05, 3.63) is 58.9 Å². The highest BCUT2D eigenvalue weighted by Gasteiger charge is 2.34. The third-order valence-corrected chi connectivity index (χ3v) is 6.29. The van der Waals surface area contributed by atoms with Gasteiger partial charge in [0, 0.05) is 42.8 Å². The van der Waals surface area contributed by atoms with Gasteiger partial charge in [-0.05, 0) is 56.0 Å². The summed E-state index contributed by atoms with van der Waals surface area (Å²) < 4.78 is 19.3. The molecule has 5 nitrogen and oxygen atoms in total. The number of esters is 1. The van der Waals surface area contributed by atoms with E-state index >= 15 is 0 Å². The first-order chi connectivity index (χ1) is 14.4. The van der Waals surface area contributed by atoms with Crippen LogP contribution in [0.4, 0.5) is 4.39 Å². The van der Waals surface area contributed by atoms with E-state index in [0.29, 0.717) is 29.3 Å². The lowest BCUT2D eigenvalue weighted by Crippen LogP contribution is -2.46. The number of ether oxygens (including phenoxy) is 1. The van der Waals surface area contributed by atoms with Crippen LogP contribution in [-0.2, 0) is 11.2 Å². The van der Waals surface area contributed by atoms with Gasteiger partial charge < -0.3 is 9.64 Å². The zero-order valence-electron chi connectivity index (χ0n) is 17.7. The zero-order chi connectivity index (χ0) is 21.4. The summed E-state index contributed by atoms with van der Waals surface area (Å²) in [5, 5.41) is 0. The topological polar surface area (TPSA) is 49.9 Å². The van der Waals surface area contributed by atoms with Gasteiger partial charge in [0.05, 0.1) is 12.7 Å². The molecule has 0 saturated carbocycles. The van der Waals surface area contributed by atoms with Crippen LogP contribution < -0.4 is 0 Å². The fourth-order valence-corrected chi connectivity index (χ4v) is 4.51. The second kappa shape index (κ2) is 8.19. The average molecular weight is 410 g/mol. The number of nitrogens with zero attached hydrogens (tertiary/aromatic N) is 2. The molecule has 1 atom stereocenters. The number of rotatable bonds is 4. The Balaban J connectivity index is 1.56. The first-order valence-electron chi connectivity index (χ1n) is 10.4. The minimum absolute atomic E-state index is 0.0694. The molecule has 2 aliphatic heterocycles. The molecule has 2 aromatic rings. The van der Waals surface area contributed by atoms with Crippen LogP contribution in [0.3, 0.4) is 0 Å². The minimum atomic E-state index is -0.570. The summed E-state index contributed by atoms with van der Waals surface area (Å²) in [4.78, 5) is 29.2. The molecule has 158 valence electrons. The predicted molar refractivity (Wildman–Crippen MR) is 113 cm³/mol. The van der Waals surface area contributed by atoms with Crippen molar-refractivity contribution in [2.75, 3.05) is 26.7 Å². The SMILES string of the molecule is COC(=O)c1ccc(-c2ccc3c(c2)CCN(C2CCN(C(C)C)C2)C3=O)c(F)c1. The molecule has 0 aliphatic carbocycles. The van der Waals surface area contributed by atoms with Gasteiger partial charge in [0.1, 0.15) is 5.82 Å². The van der Waals surface area contributed by atoms with Crippen LogP contribution in [0.2, 0.25) is 0 Å². The van der Waals surface area contributed by atoms with Crippen LogP contribution in [0, 0.1) is 5.82 Å². The molecule has 1 fully saturated rings. The number of fused-ring (bicyclic) bond motifs is 1. The zero-order valence-corrected chi connectivity index (χ0v) is 17.7. The van der Waals surface area contributed by atoms with E-state index in [9.17, 15) is 14.0 Å². The lowest BCUT2D eigenvalue weighted by atomic mass is 9.92. The van der Waals surface area contributed by atoms with E-state index in [2.05, 4.69) is 23.5 Å². The highest BCUT2D eigenvalue weighted by atomic mass is 19.1. The van der Waals surface area contributed by atoms with Gasteiger partial charge in [-0.25, -0.2) is 9.18 Å². The Kier molecular flexibility index (Phi) is 5.60. The number of amides is 1. The van der Waals surface area contributed by atoms with E-state index in [4.69, 9.17) is 0 Å². The number of methoxy groups -OCH3 is 1. The van der Waals surface area contributed by atoms with Gasteiger partial charge in [0.25, 0.3) is 5.91 Å². The van der Waals surface area contributed by atoms with Gasteiger partial charge in [-0.1, -0.05) is 18.2 Å². The molecule has 0 bridgehead atoms. The van der Waals surface area contributed by atoms with Crippen LogP contribution in [0.15, 0.2) is 36.4 Å². The first kappa shape index (κ1) is 20.5. The normalized spacial score (nSPS) is 19.3. The van der Waals surface area contributed by atoms with Crippen LogP contribution in [0.5, 0.6) is 0 Å². The molecule has 1 saturated heterocycles. The summed E-state index contributed by atoms with van der Waals surface area (Å²) in [6.45, 7) is 7.02. The Morgan fingerprint density at radius 2 is 1.90 bits per heavy atom. The Hall–Kier alpha value is -2.73. The Labute approximate surface area is 176 Å². The van der Waals surface area contributed by atoms with E-state index in [1.807, 2.05) is 17.0 Å². The molecule has 1 unspecified atom stereocenters. The molecule has 0 aromatic heterocycles. The van der Waals surface area contributed by atoms with Crippen molar-refractivity contribution in [1.29, 1.82) is 0 Å². The highest BCUT2D eigenvalue weighted by Crippen LogP contribution is 2.30. The van der Waals surface area contributed by atoms with Crippen LogP contribution in [0.25, 0.3) is 11.1 Å². The lowest BCUT2D eigenvalue weighted by molar-refractivity contribution is 0.0599. The molecule has 0 N–H and O–H groups in total. The van der Waals surface area contributed by atoms with Crippen molar-refractivity contribution in [2.45, 2.75) is 38.8 Å². The molecule has 30 heavy (non-hydrogen) atoms. The third kappa shape index (κ3) is 3.72. The summed E-state index contributed by atoms with van der Waals surface area (Å²) in [6, 6.07) is 10.6. The summed E-state index contributed by atoms with van der Waals surface area (Å²) in [7, 11) is 1.27. The van der Waals surface area contributed by atoms with Crippen molar-refractivity contribution >= 4 is 11.9 Å². The Bertz CT molecular complexity index is 988. The third-order valence-electron chi connectivity index (χ3n) is 6.29. The van der Waals surface area contributed by atoms with E-state index in [1.165, 1.54) is 13.2 Å². The monoisotopic (exact) mass is 410 g/mol. The Morgan fingerprint density at radius 1 is 1.13 bits per heavy atom. The number of carbonyl (C=O) groups is 2. The quantitative estimate of drug-likeness (QED) is 0.721. The van der Waals surface area contributed by atoms with E-state index in [1.54, 1.807) is 18.2 Å². The average Bonchev–Trinajstić information content (AvgIpc) is 3.23. The van der Waals surface area contributed by atoms with Gasteiger partial charge in [0.2, 0.25) is 0 Å². The van der Waals surface area contributed by atoms with Gasteiger partial charge in [-0.2, -0.15) is 0 Å².